The van der Waals surface area contributed by atoms with Crippen LogP contribution in [0.3, 0.4) is 0 Å². The van der Waals surface area contributed by atoms with Crippen molar-refractivity contribution >= 4 is 21.8 Å². The lowest BCUT2D eigenvalue weighted by Crippen LogP contribution is -2.30. The lowest BCUT2D eigenvalue weighted by Gasteiger charge is -2.17. The maximum atomic E-state index is 12.2. The van der Waals surface area contributed by atoms with E-state index < -0.39 is 0 Å². The van der Waals surface area contributed by atoms with Gasteiger partial charge in [-0.1, -0.05) is 22.0 Å². The van der Waals surface area contributed by atoms with E-state index in [1.54, 1.807) is 4.90 Å². The van der Waals surface area contributed by atoms with Gasteiger partial charge in [0.1, 0.15) is 0 Å². The fourth-order valence-electron chi connectivity index (χ4n) is 1.94. The van der Waals surface area contributed by atoms with Crippen molar-refractivity contribution in [2.45, 2.75) is 19.4 Å². The van der Waals surface area contributed by atoms with E-state index in [2.05, 4.69) is 15.9 Å². The van der Waals surface area contributed by atoms with Crippen molar-refractivity contribution in [3.63, 3.8) is 0 Å². The molecule has 1 aromatic rings. The van der Waals surface area contributed by atoms with Crippen LogP contribution < -0.4 is 0 Å². The van der Waals surface area contributed by atoms with Gasteiger partial charge < -0.3 is 10.0 Å². The van der Waals surface area contributed by atoms with Gasteiger partial charge >= 0.3 is 0 Å². The van der Waals surface area contributed by atoms with Crippen LogP contribution in [0, 0.1) is 6.92 Å². The fourth-order valence-corrected chi connectivity index (χ4v) is 2.30. The van der Waals surface area contributed by atoms with Crippen LogP contribution in [-0.2, 0) is 0 Å². The van der Waals surface area contributed by atoms with E-state index in [1.165, 1.54) is 0 Å². The molecule has 0 radical (unpaired) electrons. The highest BCUT2D eigenvalue weighted by Crippen LogP contribution is 2.22. The highest BCUT2D eigenvalue weighted by atomic mass is 79.9. The minimum absolute atomic E-state index is 0.00958. The summed E-state index contributed by atoms with van der Waals surface area (Å²) in [6.45, 7) is 3.01. The van der Waals surface area contributed by atoms with E-state index in [9.17, 15) is 9.90 Å². The van der Waals surface area contributed by atoms with E-state index in [1.807, 2.05) is 25.1 Å². The second kappa shape index (κ2) is 4.55. The van der Waals surface area contributed by atoms with Crippen LogP contribution in [0.1, 0.15) is 22.3 Å². The number of hydrogen-bond donors (Lipinski definition) is 1. The average Bonchev–Trinajstić information content (AvgIpc) is 2.68. The molecule has 1 saturated heterocycles. The summed E-state index contributed by atoms with van der Waals surface area (Å²) in [5, 5.41) is 9.42. The van der Waals surface area contributed by atoms with E-state index >= 15 is 0 Å². The molecule has 1 fully saturated rings. The number of β-amino-alcohol motifs (C(OH)–C–C–N with tert-alkyl or cyclic N) is 1. The van der Waals surface area contributed by atoms with Crippen LogP contribution in [0.25, 0.3) is 0 Å². The van der Waals surface area contributed by atoms with E-state index in [0.717, 1.165) is 10.0 Å². The average molecular weight is 284 g/mol. The third-order valence-corrected chi connectivity index (χ3v) is 3.81. The van der Waals surface area contributed by atoms with E-state index in [4.69, 9.17) is 0 Å². The second-order valence-corrected chi connectivity index (χ2v) is 4.96. The van der Waals surface area contributed by atoms with Gasteiger partial charge in [-0.05, 0) is 31.0 Å². The summed E-state index contributed by atoms with van der Waals surface area (Å²) >= 11 is 3.41. The number of benzene rings is 1. The number of aliphatic hydroxyl groups excluding tert-OH is 1. The Kier molecular flexibility index (Phi) is 3.30. The summed E-state index contributed by atoms with van der Waals surface area (Å²) in [7, 11) is 0. The first-order valence-corrected chi connectivity index (χ1v) is 6.11. The monoisotopic (exact) mass is 283 g/mol. The molecule has 4 heteroatoms. The molecule has 1 heterocycles. The SMILES string of the molecule is Cc1c(Br)cccc1C(=O)N1CC[C@@H](O)C1. The molecule has 0 unspecified atom stereocenters. The summed E-state index contributed by atoms with van der Waals surface area (Å²) in [4.78, 5) is 13.9. The van der Waals surface area contributed by atoms with Crippen molar-refractivity contribution in [3.8, 4) is 0 Å². The molecule has 0 aromatic heterocycles. The summed E-state index contributed by atoms with van der Waals surface area (Å²) in [5.74, 6) is 0.00958. The summed E-state index contributed by atoms with van der Waals surface area (Å²) in [5.41, 5.74) is 1.66. The molecule has 1 aromatic carbocycles. The number of likely N-dealkylation sites (tertiary alicyclic amines) is 1. The number of carbonyl (C=O) groups is 1. The number of nitrogens with zero attached hydrogens (tertiary/aromatic N) is 1. The maximum Gasteiger partial charge on any atom is 0.254 e. The Morgan fingerprint density at radius 2 is 2.31 bits per heavy atom. The second-order valence-electron chi connectivity index (χ2n) is 4.11. The van der Waals surface area contributed by atoms with E-state index in [-0.39, 0.29) is 12.0 Å². The molecule has 0 spiro atoms. The molecule has 2 rings (SSSR count). The lowest BCUT2D eigenvalue weighted by molar-refractivity contribution is 0.0764. The Hall–Kier alpha value is -0.870. The molecular weight excluding hydrogens is 270 g/mol. The third kappa shape index (κ3) is 2.13. The van der Waals surface area contributed by atoms with Crippen LogP contribution in [0.15, 0.2) is 22.7 Å². The van der Waals surface area contributed by atoms with Crippen molar-refractivity contribution < 1.29 is 9.90 Å². The first kappa shape index (κ1) is 11.6. The largest absolute Gasteiger partial charge is 0.391 e. The van der Waals surface area contributed by atoms with Gasteiger partial charge in [-0.25, -0.2) is 0 Å². The topological polar surface area (TPSA) is 40.5 Å². The van der Waals surface area contributed by atoms with Gasteiger partial charge in [0.15, 0.2) is 0 Å². The van der Waals surface area contributed by atoms with Crippen molar-refractivity contribution in [3.05, 3.63) is 33.8 Å². The van der Waals surface area contributed by atoms with Gasteiger partial charge in [-0.3, -0.25) is 4.79 Å². The molecule has 3 nitrogen and oxygen atoms in total. The van der Waals surface area contributed by atoms with Crippen LogP contribution in [0.2, 0.25) is 0 Å². The lowest BCUT2D eigenvalue weighted by atomic mass is 10.1. The molecule has 0 bridgehead atoms. The zero-order valence-electron chi connectivity index (χ0n) is 9.11. The molecular formula is C12H14BrNO2. The molecule has 1 atom stereocenters. The first-order valence-electron chi connectivity index (χ1n) is 5.32. The molecule has 0 saturated carbocycles. The molecule has 1 aliphatic rings. The Morgan fingerprint density at radius 3 is 2.94 bits per heavy atom. The van der Waals surface area contributed by atoms with Crippen molar-refractivity contribution in [2.75, 3.05) is 13.1 Å². The van der Waals surface area contributed by atoms with Crippen LogP contribution in [0.4, 0.5) is 0 Å². The van der Waals surface area contributed by atoms with Crippen LogP contribution in [0.5, 0.6) is 0 Å². The summed E-state index contributed by atoms with van der Waals surface area (Å²) < 4.78 is 0.943. The summed E-state index contributed by atoms with van der Waals surface area (Å²) in [6.07, 6.45) is 0.315. The number of rotatable bonds is 1. The molecule has 1 amide bonds. The van der Waals surface area contributed by atoms with Gasteiger partial charge in [-0.2, -0.15) is 0 Å². The number of amides is 1. The van der Waals surface area contributed by atoms with Gasteiger partial charge in [0, 0.05) is 23.1 Å². The normalized spacial score (nSPS) is 20.2. The van der Waals surface area contributed by atoms with Gasteiger partial charge in [0.05, 0.1) is 6.10 Å². The smallest absolute Gasteiger partial charge is 0.254 e. The predicted molar refractivity (Wildman–Crippen MR) is 65.4 cm³/mol. The van der Waals surface area contributed by atoms with Gasteiger partial charge in [0.25, 0.3) is 5.91 Å². The highest BCUT2D eigenvalue weighted by Gasteiger charge is 2.26. The fraction of sp³-hybridized carbons (Fsp3) is 0.417. The standard InChI is InChI=1S/C12H14BrNO2/c1-8-10(3-2-4-11(8)13)12(16)14-6-5-9(15)7-14/h2-4,9,15H,5-7H2,1H3/t9-/m1/s1. The van der Waals surface area contributed by atoms with Crippen molar-refractivity contribution in [2.24, 2.45) is 0 Å². The molecule has 1 N–H and O–H groups in total. The maximum absolute atomic E-state index is 12.2. The number of hydrogen-bond acceptors (Lipinski definition) is 2. The zero-order chi connectivity index (χ0) is 11.7. The Balaban J connectivity index is 2.24. The van der Waals surface area contributed by atoms with Gasteiger partial charge in [-0.15, -0.1) is 0 Å². The van der Waals surface area contributed by atoms with Crippen LogP contribution in [-0.4, -0.2) is 35.1 Å². The quantitative estimate of drug-likeness (QED) is 0.856. The minimum atomic E-state index is -0.364. The predicted octanol–water partition coefficient (Wildman–Crippen LogP) is 1.96. The van der Waals surface area contributed by atoms with Crippen molar-refractivity contribution in [1.29, 1.82) is 0 Å². The number of carbonyl (C=O) groups excluding carboxylic acids is 1. The van der Waals surface area contributed by atoms with Crippen molar-refractivity contribution in [1.82, 2.24) is 4.90 Å². The third-order valence-electron chi connectivity index (χ3n) is 2.95. The van der Waals surface area contributed by atoms with Gasteiger partial charge in [0.2, 0.25) is 0 Å². The van der Waals surface area contributed by atoms with E-state index in [0.29, 0.717) is 25.1 Å². The van der Waals surface area contributed by atoms with Crippen LogP contribution >= 0.6 is 15.9 Å². The highest BCUT2D eigenvalue weighted by molar-refractivity contribution is 9.10. The molecule has 86 valence electrons. The molecule has 1 aliphatic heterocycles. The first-order chi connectivity index (χ1) is 7.59. The Bertz CT molecular complexity index is 419. The summed E-state index contributed by atoms with van der Waals surface area (Å²) in [6, 6.07) is 5.61. The Labute approximate surface area is 103 Å². The molecule has 0 aliphatic carbocycles. The zero-order valence-corrected chi connectivity index (χ0v) is 10.7. The number of aliphatic hydroxyl groups is 1. The minimum Gasteiger partial charge on any atom is -0.391 e. The molecule has 16 heavy (non-hydrogen) atoms. The number of halogens is 1. The Morgan fingerprint density at radius 1 is 1.56 bits per heavy atom.